The maximum atomic E-state index is 11.9. The van der Waals surface area contributed by atoms with E-state index in [1.807, 2.05) is 6.07 Å². The molecule has 0 bridgehead atoms. The normalized spacial score (nSPS) is 8.86. The molecule has 0 aliphatic heterocycles. The number of hydrogen-bond acceptors (Lipinski definition) is 13. The van der Waals surface area contributed by atoms with Gasteiger partial charge in [-0.3, -0.25) is 30.3 Å². The topological polar surface area (TPSA) is 291 Å². The molecular weight excluding hydrogens is 732 g/mol. The summed E-state index contributed by atoms with van der Waals surface area (Å²) in [5, 5.41) is 75.6. The minimum absolute atomic E-state index is 0.00643. The van der Waals surface area contributed by atoms with E-state index in [1.165, 1.54) is 7.06 Å². The van der Waals surface area contributed by atoms with Gasteiger partial charge in [-0.2, -0.15) is 0 Å². The molecule has 0 saturated heterocycles. The van der Waals surface area contributed by atoms with E-state index in [4.69, 9.17) is 48.4 Å². The molecule has 4 aromatic carbocycles. The zero-order valence-electron chi connectivity index (χ0n) is 28.8. The number of phenolic OH excluding ortho intramolecular Hbond substituents is 3. The first-order valence-corrected chi connectivity index (χ1v) is 14.8. The summed E-state index contributed by atoms with van der Waals surface area (Å²) in [4.78, 5) is 61.9. The Balaban J connectivity index is 0.000000740. The highest BCUT2D eigenvalue weighted by atomic mass is 16.6. The molecular formula is C33H25B5N3O15. The van der Waals surface area contributed by atoms with Crippen LogP contribution >= 0.6 is 0 Å². The van der Waals surface area contributed by atoms with Crippen molar-refractivity contribution in [2.75, 3.05) is 0 Å². The number of carboxylic acid groups (broad SMARTS) is 2. The largest absolute Gasteiger partial charge is 0.508 e. The van der Waals surface area contributed by atoms with Crippen molar-refractivity contribution < 1.29 is 59.4 Å². The van der Waals surface area contributed by atoms with Crippen molar-refractivity contribution in [3.05, 3.63) is 168 Å². The fraction of sp³-hybridized carbons (Fsp3) is 0.0303. The average molecular weight is 758 g/mol. The highest BCUT2D eigenvalue weighted by molar-refractivity contribution is 7.60. The third kappa shape index (κ3) is 18.2. The molecule has 0 aliphatic carbocycles. The van der Waals surface area contributed by atoms with Crippen molar-refractivity contribution in [2.45, 2.75) is 6.61 Å². The van der Waals surface area contributed by atoms with Crippen molar-refractivity contribution in [2.24, 2.45) is 0 Å². The maximum Gasteiger partial charge on any atom is 0.345 e. The Kier molecular flexibility index (Phi) is 21.8. The molecule has 0 aliphatic rings. The number of ether oxygens (including phenoxy) is 1. The Morgan fingerprint density at radius 3 is 1.30 bits per heavy atom. The molecule has 56 heavy (non-hydrogen) atoms. The van der Waals surface area contributed by atoms with E-state index in [2.05, 4.69) is 30.4 Å². The smallest absolute Gasteiger partial charge is 0.345 e. The van der Waals surface area contributed by atoms with Crippen LogP contribution in [0.5, 0.6) is 17.2 Å². The molecule has 0 heterocycles. The van der Waals surface area contributed by atoms with Gasteiger partial charge in [-0.1, -0.05) is 41.8 Å². The SMILES string of the molecule is C=C=C=C=C.O=C(O)c1cc(O)ccc1[N+](=O)[O-].O=C(O)c1cc(O)ccc1[N+](=O)[O-].O=C(OCc1ccccc1)c1cc(O)ccc1[N+](=O)[O-].[B][B]B([B])[B]. The summed E-state index contributed by atoms with van der Waals surface area (Å²) in [6.45, 7) is 6.43. The lowest BCUT2D eigenvalue weighted by Gasteiger charge is -2.06. The predicted molar refractivity (Wildman–Crippen MR) is 204 cm³/mol. The number of aromatic carboxylic acids is 2. The van der Waals surface area contributed by atoms with Crippen LogP contribution in [0.25, 0.3) is 0 Å². The van der Waals surface area contributed by atoms with Crippen LogP contribution in [-0.4, -0.2) is 94.9 Å². The van der Waals surface area contributed by atoms with E-state index in [0.717, 1.165) is 60.2 Å². The third-order valence-electron chi connectivity index (χ3n) is 5.82. The number of phenols is 3. The van der Waals surface area contributed by atoms with Crippen LogP contribution < -0.4 is 0 Å². The first kappa shape index (κ1) is 48.3. The molecule has 0 saturated carbocycles. The molecule has 4 rings (SSSR count). The third-order valence-corrected chi connectivity index (χ3v) is 5.82. The number of carbonyl (C=O) groups is 3. The molecule has 0 amide bonds. The number of nitro groups is 3. The van der Waals surface area contributed by atoms with Gasteiger partial charge in [0.15, 0.2) is 0 Å². The van der Waals surface area contributed by atoms with Crippen LogP contribution in [0, 0.1) is 30.3 Å². The van der Waals surface area contributed by atoms with Gasteiger partial charge in [0.25, 0.3) is 17.1 Å². The van der Waals surface area contributed by atoms with Crippen LogP contribution in [-0.2, 0) is 11.3 Å². The molecule has 0 unspecified atom stereocenters. The van der Waals surface area contributed by atoms with Crippen molar-refractivity contribution >= 4 is 71.6 Å². The number of aromatic hydroxyl groups is 3. The second-order valence-corrected chi connectivity index (χ2v) is 9.80. The Labute approximate surface area is 322 Å². The summed E-state index contributed by atoms with van der Waals surface area (Å²) in [5.41, 5.74) is 5.05. The molecule has 0 atom stereocenters. The second-order valence-electron chi connectivity index (χ2n) is 9.80. The zero-order chi connectivity index (χ0) is 43.0. The van der Waals surface area contributed by atoms with Crippen LogP contribution in [0.3, 0.4) is 0 Å². The predicted octanol–water partition coefficient (Wildman–Crippen LogP) is 4.02. The van der Waals surface area contributed by atoms with Gasteiger partial charge >= 0.3 is 17.9 Å². The van der Waals surface area contributed by atoms with Crippen molar-refractivity contribution in [3.8, 4) is 17.2 Å². The summed E-state index contributed by atoms with van der Waals surface area (Å²) in [6, 6.07) is 17.8. The monoisotopic (exact) mass is 758 g/mol. The number of nitrogens with zero attached hydrogens (tertiary/aromatic N) is 3. The number of hydrogen-bond donors (Lipinski definition) is 5. The van der Waals surface area contributed by atoms with E-state index in [9.17, 15) is 49.8 Å². The lowest BCUT2D eigenvalue weighted by atomic mass is 8.97. The van der Waals surface area contributed by atoms with Gasteiger partial charge in [0, 0.05) is 73.1 Å². The minimum atomic E-state index is -1.44. The molecule has 277 valence electrons. The number of carbonyl (C=O) groups excluding carboxylic acids is 1. The Morgan fingerprint density at radius 1 is 0.679 bits per heavy atom. The average Bonchev–Trinajstić information content (AvgIpc) is 3.15. The van der Waals surface area contributed by atoms with Crippen LogP contribution in [0.4, 0.5) is 17.1 Å². The number of rotatable bonds is 9. The first-order valence-electron chi connectivity index (χ1n) is 14.8. The number of esters is 1. The van der Waals surface area contributed by atoms with Gasteiger partial charge in [0.05, 0.1) is 14.8 Å². The van der Waals surface area contributed by atoms with Gasteiger partial charge in [-0.25, -0.2) is 14.4 Å². The zero-order valence-corrected chi connectivity index (χ0v) is 28.8. The first-order chi connectivity index (χ1) is 26.3. The van der Waals surface area contributed by atoms with Crippen molar-refractivity contribution in [1.29, 1.82) is 0 Å². The van der Waals surface area contributed by atoms with E-state index >= 15 is 0 Å². The Hall–Kier alpha value is -7.71. The van der Waals surface area contributed by atoms with E-state index < -0.39 is 67.3 Å². The molecule has 0 spiro atoms. The number of nitro benzene ring substituents is 3. The van der Waals surface area contributed by atoms with E-state index in [0.29, 0.717) is 0 Å². The molecule has 5 N–H and O–H groups in total. The highest BCUT2D eigenvalue weighted by Gasteiger charge is 2.23. The van der Waals surface area contributed by atoms with Crippen molar-refractivity contribution in [1.82, 2.24) is 0 Å². The fourth-order valence-electron chi connectivity index (χ4n) is 3.42. The van der Waals surface area contributed by atoms with Gasteiger partial charge in [0.1, 0.15) is 40.5 Å². The Bertz CT molecular complexity index is 2050. The number of benzene rings is 4. The van der Waals surface area contributed by atoms with Crippen LogP contribution in [0.1, 0.15) is 36.6 Å². The molecule has 18 nitrogen and oxygen atoms in total. The summed E-state index contributed by atoms with van der Waals surface area (Å²) < 4.78 is 5.01. The standard InChI is InChI=1S/C14H11NO5.2C7H5NO5.C5H4.B5/c16-11-6-7-13(15(18)19)12(8-11)14(17)20-9-10-4-2-1-3-5-10;2*9-4-1-2-6(8(12)13)5(3-4)7(10)11;1-3-5-4-2;1-4-5(2)3/h1-8,16H,9H2;2*1-3,9H,(H,10,11);1-2H2;. The molecule has 0 fully saturated rings. The second kappa shape index (κ2) is 25.3. The highest BCUT2D eigenvalue weighted by Crippen LogP contribution is 2.25. The maximum absolute atomic E-state index is 11.9. The lowest BCUT2D eigenvalue weighted by Crippen LogP contribution is -2.23. The van der Waals surface area contributed by atoms with E-state index in [1.54, 1.807) is 24.3 Å². The summed E-state index contributed by atoms with van der Waals surface area (Å²) >= 11 is 0. The molecule has 7 radical (unpaired) electrons. The quantitative estimate of drug-likeness (QED) is 0.0530. The number of carboxylic acids is 2. The molecule has 4 aromatic rings. The molecule has 0 aromatic heterocycles. The molecule has 23 heteroatoms. The van der Waals surface area contributed by atoms with Crippen molar-refractivity contribution in [3.63, 3.8) is 0 Å². The van der Waals surface area contributed by atoms with Gasteiger partial charge in [-0.05, 0) is 42.7 Å². The van der Waals surface area contributed by atoms with Crippen LogP contribution in [0.2, 0.25) is 0 Å². The fourth-order valence-corrected chi connectivity index (χ4v) is 3.42. The minimum Gasteiger partial charge on any atom is -0.508 e. The van der Waals surface area contributed by atoms with Gasteiger partial charge in [0.2, 0.25) is 0 Å². The van der Waals surface area contributed by atoms with Crippen LogP contribution in [0.15, 0.2) is 115 Å². The van der Waals surface area contributed by atoms with E-state index in [-0.39, 0.29) is 29.4 Å². The lowest BCUT2D eigenvalue weighted by molar-refractivity contribution is -0.385. The van der Waals surface area contributed by atoms with Gasteiger partial charge < -0.3 is 30.3 Å². The summed E-state index contributed by atoms with van der Waals surface area (Å²) in [7, 11) is 15.8. The summed E-state index contributed by atoms with van der Waals surface area (Å²) in [5.74, 6) is -4.60. The Morgan fingerprint density at radius 2 is 1.02 bits per heavy atom. The summed E-state index contributed by atoms with van der Waals surface area (Å²) in [6.07, 6.45) is -0.463. The van der Waals surface area contributed by atoms with Gasteiger partial charge in [-0.15, -0.1) is 0 Å².